The van der Waals surface area contributed by atoms with Gasteiger partial charge in [0.1, 0.15) is 0 Å². The Morgan fingerprint density at radius 2 is 1.85 bits per heavy atom. The molecular weight excluding hydrogens is 341 g/mol. The highest BCUT2D eigenvalue weighted by molar-refractivity contribution is 5.77. The Kier molecular flexibility index (Phi) is 5.10. The zero-order valence-electron chi connectivity index (χ0n) is 15.6. The van der Waals surface area contributed by atoms with Gasteiger partial charge in [-0.2, -0.15) is 0 Å². The highest BCUT2D eigenvalue weighted by Gasteiger charge is 2.41. The van der Waals surface area contributed by atoms with E-state index in [9.17, 15) is 9.18 Å². The summed E-state index contributed by atoms with van der Waals surface area (Å²) in [5.74, 6) is 0.0240. The number of rotatable bonds is 4. The van der Waals surface area contributed by atoms with E-state index in [2.05, 4.69) is 26.9 Å². The van der Waals surface area contributed by atoms with Gasteiger partial charge in [0.2, 0.25) is 5.91 Å². The molecule has 0 saturated carbocycles. The van der Waals surface area contributed by atoms with Gasteiger partial charge in [0.25, 0.3) is 0 Å². The zero-order valence-corrected chi connectivity index (χ0v) is 15.6. The summed E-state index contributed by atoms with van der Waals surface area (Å²) in [6.45, 7) is 3.29. The van der Waals surface area contributed by atoms with Gasteiger partial charge in [-0.05, 0) is 42.7 Å². The third-order valence-electron chi connectivity index (χ3n) is 6.18. The predicted octanol–water partition coefficient (Wildman–Crippen LogP) is 3.67. The van der Waals surface area contributed by atoms with Gasteiger partial charge in [0.05, 0.1) is 11.9 Å². The number of halogens is 1. The number of aromatic nitrogens is 1. The van der Waals surface area contributed by atoms with Crippen LogP contribution in [0.1, 0.15) is 31.2 Å². The molecule has 1 aromatic heterocycles. The standard InChI is InChI=1S/C22H26FN3O/c23-19-16-24-12-7-20(19)25-14-10-22(11-15-25)9-6-21(27)26(17-22)13-8-18-4-2-1-3-5-18/h1-5,7,12,16H,6,8-11,13-15,17H2. The summed E-state index contributed by atoms with van der Waals surface area (Å²) >= 11 is 0. The van der Waals surface area contributed by atoms with Gasteiger partial charge >= 0.3 is 0 Å². The summed E-state index contributed by atoms with van der Waals surface area (Å²) in [6.07, 6.45) is 7.43. The zero-order chi connectivity index (χ0) is 18.7. The summed E-state index contributed by atoms with van der Waals surface area (Å²) in [5, 5.41) is 0. The molecule has 1 amide bonds. The highest BCUT2D eigenvalue weighted by Crippen LogP contribution is 2.41. The van der Waals surface area contributed by atoms with E-state index in [1.165, 1.54) is 11.8 Å². The van der Waals surface area contributed by atoms with Crippen molar-refractivity contribution in [2.24, 2.45) is 5.41 Å². The second kappa shape index (κ2) is 7.67. The van der Waals surface area contributed by atoms with E-state index in [0.717, 1.165) is 51.9 Å². The third-order valence-corrected chi connectivity index (χ3v) is 6.18. The molecule has 4 rings (SSSR count). The number of amides is 1. The largest absolute Gasteiger partial charge is 0.369 e. The van der Waals surface area contributed by atoms with Gasteiger partial charge in [-0.25, -0.2) is 4.39 Å². The van der Waals surface area contributed by atoms with E-state index >= 15 is 0 Å². The maximum absolute atomic E-state index is 14.0. The van der Waals surface area contributed by atoms with Crippen LogP contribution in [0, 0.1) is 11.2 Å². The SMILES string of the molecule is O=C1CCC2(CCN(c3ccncc3F)CC2)CN1CCc1ccccc1. The third kappa shape index (κ3) is 3.97. The molecule has 142 valence electrons. The molecule has 0 atom stereocenters. The Morgan fingerprint density at radius 3 is 2.59 bits per heavy atom. The number of hydrogen-bond acceptors (Lipinski definition) is 3. The van der Waals surface area contributed by atoms with Gasteiger partial charge in [-0.15, -0.1) is 0 Å². The van der Waals surface area contributed by atoms with Gasteiger partial charge < -0.3 is 9.80 Å². The van der Waals surface area contributed by atoms with Crippen LogP contribution in [0.15, 0.2) is 48.8 Å². The lowest BCUT2D eigenvalue weighted by Crippen LogP contribution is -2.52. The fourth-order valence-corrected chi connectivity index (χ4v) is 4.47. The molecule has 0 radical (unpaired) electrons. The van der Waals surface area contributed by atoms with Gasteiger partial charge in [-0.3, -0.25) is 9.78 Å². The minimum absolute atomic E-state index is 0.185. The number of piperidine rings is 2. The Labute approximate surface area is 160 Å². The van der Waals surface area contributed by atoms with Crippen LogP contribution in [0.2, 0.25) is 0 Å². The van der Waals surface area contributed by atoms with Crippen molar-refractivity contribution in [3.05, 3.63) is 60.2 Å². The van der Waals surface area contributed by atoms with Crippen LogP contribution in [0.5, 0.6) is 0 Å². The van der Waals surface area contributed by atoms with E-state index < -0.39 is 0 Å². The van der Waals surface area contributed by atoms with Crippen LogP contribution in [0.4, 0.5) is 10.1 Å². The molecule has 2 fully saturated rings. The van der Waals surface area contributed by atoms with Crippen molar-refractivity contribution in [1.29, 1.82) is 0 Å². The van der Waals surface area contributed by atoms with Gasteiger partial charge in [-0.1, -0.05) is 30.3 Å². The Bertz CT molecular complexity index is 787. The average Bonchev–Trinajstić information content (AvgIpc) is 2.71. The molecule has 0 unspecified atom stereocenters. The second-order valence-electron chi connectivity index (χ2n) is 7.87. The normalized spacial score (nSPS) is 19.5. The maximum Gasteiger partial charge on any atom is 0.222 e. The minimum atomic E-state index is -0.253. The molecule has 0 N–H and O–H groups in total. The van der Waals surface area contributed by atoms with Crippen LogP contribution in [-0.4, -0.2) is 42.0 Å². The molecule has 5 heteroatoms. The van der Waals surface area contributed by atoms with Gasteiger partial charge in [0.15, 0.2) is 5.82 Å². The van der Waals surface area contributed by atoms with Gasteiger partial charge in [0, 0.05) is 38.8 Å². The molecule has 3 heterocycles. The van der Waals surface area contributed by atoms with Crippen molar-refractivity contribution < 1.29 is 9.18 Å². The Hall–Kier alpha value is -2.43. The van der Waals surface area contributed by atoms with Crippen molar-refractivity contribution in [3.8, 4) is 0 Å². The number of nitrogens with zero attached hydrogens (tertiary/aromatic N) is 3. The summed E-state index contributed by atoms with van der Waals surface area (Å²) in [4.78, 5) is 20.4. The molecule has 4 nitrogen and oxygen atoms in total. The monoisotopic (exact) mass is 367 g/mol. The number of benzene rings is 1. The molecule has 0 bridgehead atoms. The molecule has 1 spiro atoms. The number of anilines is 1. The number of carbonyl (C=O) groups is 1. The fourth-order valence-electron chi connectivity index (χ4n) is 4.47. The lowest BCUT2D eigenvalue weighted by molar-refractivity contribution is -0.138. The summed E-state index contributed by atoms with van der Waals surface area (Å²) in [5.41, 5.74) is 2.10. The molecule has 2 aliphatic rings. The lowest BCUT2D eigenvalue weighted by Gasteiger charge is -2.48. The van der Waals surface area contributed by atoms with Crippen molar-refractivity contribution >= 4 is 11.6 Å². The van der Waals surface area contributed by atoms with Crippen LogP contribution >= 0.6 is 0 Å². The van der Waals surface area contributed by atoms with E-state index in [0.29, 0.717) is 12.1 Å². The fraction of sp³-hybridized carbons (Fsp3) is 0.455. The van der Waals surface area contributed by atoms with Crippen LogP contribution in [0.3, 0.4) is 0 Å². The number of pyridine rings is 1. The van der Waals surface area contributed by atoms with Crippen LogP contribution in [0.25, 0.3) is 0 Å². The van der Waals surface area contributed by atoms with Crippen molar-refractivity contribution in [2.45, 2.75) is 32.1 Å². The van der Waals surface area contributed by atoms with E-state index in [-0.39, 0.29) is 17.1 Å². The van der Waals surface area contributed by atoms with E-state index in [4.69, 9.17) is 0 Å². The van der Waals surface area contributed by atoms with E-state index in [1.807, 2.05) is 18.2 Å². The minimum Gasteiger partial charge on any atom is -0.369 e. The summed E-state index contributed by atoms with van der Waals surface area (Å²) in [7, 11) is 0. The second-order valence-corrected chi connectivity index (χ2v) is 7.87. The van der Waals surface area contributed by atoms with Crippen molar-refractivity contribution in [1.82, 2.24) is 9.88 Å². The average molecular weight is 367 g/mol. The number of likely N-dealkylation sites (tertiary alicyclic amines) is 1. The lowest BCUT2D eigenvalue weighted by atomic mass is 9.72. The van der Waals surface area contributed by atoms with Crippen LogP contribution in [-0.2, 0) is 11.2 Å². The van der Waals surface area contributed by atoms with Crippen molar-refractivity contribution in [3.63, 3.8) is 0 Å². The van der Waals surface area contributed by atoms with Crippen molar-refractivity contribution in [2.75, 3.05) is 31.1 Å². The van der Waals surface area contributed by atoms with E-state index in [1.54, 1.807) is 12.3 Å². The topological polar surface area (TPSA) is 36.4 Å². The molecule has 2 saturated heterocycles. The first-order valence-electron chi connectivity index (χ1n) is 9.81. The first kappa shape index (κ1) is 18.0. The summed E-state index contributed by atoms with van der Waals surface area (Å²) < 4.78 is 14.0. The maximum atomic E-state index is 14.0. The molecular formula is C22H26FN3O. The molecule has 1 aromatic carbocycles. The first-order chi connectivity index (χ1) is 13.2. The Morgan fingerprint density at radius 1 is 1.07 bits per heavy atom. The predicted molar refractivity (Wildman–Crippen MR) is 104 cm³/mol. The Balaban J connectivity index is 1.38. The molecule has 2 aliphatic heterocycles. The molecule has 0 aliphatic carbocycles. The first-order valence-corrected chi connectivity index (χ1v) is 9.81. The van der Waals surface area contributed by atoms with Crippen LogP contribution < -0.4 is 4.90 Å². The smallest absolute Gasteiger partial charge is 0.222 e. The number of hydrogen-bond donors (Lipinski definition) is 0. The summed E-state index contributed by atoms with van der Waals surface area (Å²) in [6, 6.07) is 12.1. The highest BCUT2D eigenvalue weighted by atomic mass is 19.1. The number of carbonyl (C=O) groups excluding carboxylic acids is 1. The molecule has 2 aromatic rings. The molecule has 27 heavy (non-hydrogen) atoms. The quantitative estimate of drug-likeness (QED) is 0.827.